The fourth-order valence-corrected chi connectivity index (χ4v) is 1.92. The number of aryl methyl sites for hydroxylation is 1. The summed E-state index contributed by atoms with van der Waals surface area (Å²) in [6.45, 7) is 4.77. The van der Waals surface area contributed by atoms with Crippen LogP contribution in [0.4, 0.5) is 5.82 Å². The van der Waals surface area contributed by atoms with E-state index in [2.05, 4.69) is 23.4 Å². The topological polar surface area (TPSA) is 39.1 Å². The quantitative estimate of drug-likeness (QED) is 0.880. The number of hydrogen-bond donors (Lipinski definition) is 1. The van der Waals surface area contributed by atoms with Crippen molar-refractivity contribution in [2.24, 2.45) is 7.05 Å². The Morgan fingerprint density at radius 2 is 2.11 bits per heavy atom. The molecule has 0 aliphatic carbocycles. The highest BCUT2D eigenvalue weighted by Crippen LogP contribution is 2.27. The first-order valence-electron chi connectivity index (χ1n) is 6.18. The largest absolute Gasteiger partial charge is 0.494 e. The fraction of sp³-hybridized carbons (Fsp3) is 0.357. The van der Waals surface area contributed by atoms with E-state index in [0.717, 1.165) is 17.1 Å². The molecule has 0 amide bonds. The average molecular weight is 245 g/mol. The molecule has 0 aliphatic heterocycles. The van der Waals surface area contributed by atoms with E-state index in [1.807, 2.05) is 44.4 Å². The van der Waals surface area contributed by atoms with Crippen LogP contribution in [0.2, 0.25) is 0 Å². The second-order valence-corrected chi connectivity index (χ2v) is 4.21. The summed E-state index contributed by atoms with van der Waals surface area (Å²) in [6.07, 6.45) is 1.92. The molecular weight excluding hydrogens is 226 g/mol. The lowest BCUT2D eigenvalue weighted by molar-refractivity contribution is 0.335. The van der Waals surface area contributed by atoms with E-state index in [4.69, 9.17) is 4.74 Å². The molecule has 0 saturated heterocycles. The normalized spacial score (nSPS) is 12.2. The van der Waals surface area contributed by atoms with Crippen molar-refractivity contribution in [1.29, 1.82) is 0 Å². The van der Waals surface area contributed by atoms with E-state index in [1.165, 1.54) is 0 Å². The number of rotatable bonds is 5. The van der Waals surface area contributed by atoms with Gasteiger partial charge in [0.25, 0.3) is 0 Å². The van der Waals surface area contributed by atoms with E-state index < -0.39 is 0 Å². The first kappa shape index (κ1) is 12.5. The molecule has 4 nitrogen and oxygen atoms in total. The van der Waals surface area contributed by atoms with Gasteiger partial charge in [-0.05, 0) is 19.9 Å². The molecule has 1 heterocycles. The van der Waals surface area contributed by atoms with Crippen LogP contribution in [0.3, 0.4) is 0 Å². The Bertz CT molecular complexity index is 507. The van der Waals surface area contributed by atoms with Crippen LogP contribution in [0.1, 0.15) is 25.5 Å². The zero-order valence-corrected chi connectivity index (χ0v) is 11.1. The molecule has 4 heteroatoms. The maximum absolute atomic E-state index is 5.64. The van der Waals surface area contributed by atoms with Crippen LogP contribution in [0, 0.1) is 0 Å². The third-order valence-corrected chi connectivity index (χ3v) is 2.76. The third-order valence-electron chi connectivity index (χ3n) is 2.76. The number of aromatic nitrogens is 2. The van der Waals surface area contributed by atoms with Gasteiger partial charge < -0.3 is 10.1 Å². The van der Waals surface area contributed by atoms with Crippen molar-refractivity contribution in [3.63, 3.8) is 0 Å². The van der Waals surface area contributed by atoms with Crippen molar-refractivity contribution in [3.05, 3.63) is 42.1 Å². The van der Waals surface area contributed by atoms with Crippen LogP contribution in [0.25, 0.3) is 0 Å². The summed E-state index contributed by atoms with van der Waals surface area (Å²) in [6, 6.07) is 10.2. The number of anilines is 1. The molecule has 2 aromatic rings. The second kappa shape index (κ2) is 5.58. The smallest absolute Gasteiger partial charge is 0.148 e. The average Bonchev–Trinajstić information content (AvgIpc) is 2.76. The lowest BCUT2D eigenvalue weighted by Gasteiger charge is -2.17. The minimum Gasteiger partial charge on any atom is -0.494 e. The monoisotopic (exact) mass is 245 g/mol. The van der Waals surface area contributed by atoms with E-state index in [-0.39, 0.29) is 6.04 Å². The van der Waals surface area contributed by atoms with Crippen LogP contribution in [-0.4, -0.2) is 16.4 Å². The highest BCUT2D eigenvalue weighted by atomic mass is 16.5. The molecule has 2 rings (SSSR count). The maximum atomic E-state index is 5.64. The molecule has 1 aromatic heterocycles. The predicted molar refractivity (Wildman–Crippen MR) is 72.9 cm³/mol. The van der Waals surface area contributed by atoms with Gasteiger partial charge in [-0.25, -0.2) is 0 Å². The van der Waals surface area contributed by atoms with Crippen molar-refractivity contribution in [3.8, 4) is 5.75 Å². The van der Waals surface area contributed by atoms with Crippen LogP contribution >= 0.6 is 0 Å². The molecule has 0 saturated carbocycles. The van der Waals surface area contributed by atoms with Crippen molar-refractivity contribution >= 4 is 5.82 Å². The molecule has 0 spiro atoms. The van der Waals surface area contributed by atoms with E-state index in [9.17, 15) is 0 Å². The van der Waals surface area contributed by atoms with E-state index in [0.29, 0.717) is 6.61 Å². The molecule has 1 aromatic carbocycles. The van der Waals surface area contributed by atoms with E-state index >= 15 is 0 Å². The summed E-state index contributed by atoms with van der Waals surface area (Å²) in [5, 5.41) is 7.68. The van der Waals surface area contributed by atoms with Gasteiger partial charge in [0, 0.05) is 24.9 Å². The molecule has 1 atom stereocenters. The second-order valence-electron chi connectivity index (χ2n) is 4.21. The Hall–Kier alpha value is -1.97. The standard InChI is InChI=1S/C14H19N3O/c1-4-18-13-8-6-5-7-12(13)11(2)15-14-9-10-17(3)16-14/h5-11H,4H2,1-3H3,(H,15,16). The van der Waals surface area contributed by atoms with Gasteiger partial charge >= 0.3 is 0 Å². The molecule has 0 fully saturated rings. The van der Waals surface area contributed by atoms with E-state index in [1.54, 1.807) is 4.68 Å². The number of para-hydroxylation sites is 1. The van der Waals surface area contributed by atoms with Crippen LogP contribution < -0.4 is 10.1 Å². The Balaban J connectivity index is 2.15. The maximum Gasteiger partial charge on any atom is 0.148 e. The van der Waals surface area contributed by atoms with Crippen molar-refractivity contribution in [2.75, 3.05) is 11.9 Å². The molecule has 0 radical (unpaired) electrons. The number of ether oxygens (including phenoxy) is 1. The highest BCUT2D eigenvalue weighted by molar-refractivity contribution is 5.42. The third kappa shape index (κ3) is 2.83. The van der Waals surface area contributed by atoms with Gasteiger partial charge in [-0.15, -0.1) is 0 Å². The molecular formula is C14H19N3O. The van der Waals surface area contributed by atoms with Gasteiger partial charge in [0.15, 0.2) is 0 Å². The fourth-order valence-electron chi connectivity index (χ4n) is 1.92. The van der Waals surface area contributed by atoms with Crippen LogP contribution in [0.5, 0.6) is 5.75 Å². The SMILES string of the molecule is CCOc1ccccc1C(C)Nc1ccn(C)n1. The molecule has 18 heavy (non-hydrogen) atoms. The lowest BCUT2D eigenvalue weighted by atomic mass is 10.1. The molecule has 96 valence electrons. The van der Waals surface area contributed by atoms with Crippen molar-refractivity contribution in [2.45, 2.75) is 19.9 Å². The zero-order valence-electron chi connectivity index (χ0n) is 11.1. The lowest BCUT2D eigenvalue weighted by Crippen LogP contribution is -2.09. The van der Waals surface area contributed by atoms with Gasteiger partial charge in [0.1, 0.15) is 11.6 Å². The molecule has 1 N–H and O–H groups in total. The number of nitrogens with one attached hydrogen (secondary N) is 1. The highest BCUT2D eigenvalue weighted by Gasteiger charge is 2.11. The Morgan fingerprint density at radius 3 is 2.78 bits per heavy atom. The number of nitrogens with zero attached hydrogens (tertiary/aromatic N) is 2. The summed E-state index contributed by atoms with van der Waals surface area (Å²) < 4.78 is 7.42. The van der Waals surface area contributed by atoms with Crippen LogP contribution in [-0.2, 0) is 7.05 Å². The predicted octanol–water partition coefficient (Wildman–Crippen LogP) is 2.99. The summed E-state index contributed by atoms with van der Waals surface area (Å²) >= 11 is 0. The molecule has 0 bridgehead atoms. The first-order chi connectivity index (χ1) is 8.70. The Kier molecular flexibility index (Phi) is 3.87. The molecule has 1 unspecified atom stereocenters. The number of hydrogen-bond acceptors (Lipinski definition) is 3. The minimum absolute atomic E-state index is 0.155. The molecule has 0 aliphatic rings. The van der Waals surface area contributed by atoms with Gasteiger partial charge in [0.2, 0.25) is 0 Å². The minimum atomic E-state index is 0.155. The number of benzene rings is 1. The first-order valence-corrected chi connectivity index (χ1v) is 6.18. The van der Waals surface area contributed by atoms with Crippen LogP contribution in [0.15, 0.2) is 36.5 Å². The Morgan fingerprint density at radius 1 is 1.33 bits per heavy atom. The summed E-state index contributed by atoms with van der Waals surface area (Å²) in [5.41, 5.74) is 1.14. The summed E-state index contributed by atoms with van der Waals surface area (Å²) in [5.74, 6) is 1.80. The van der Waals surface area contributed by atoms with Gasteiger partial charge in [0.05, 0.1) is 12.6 Å². The van der Waals surface area contributed by atoms with Gasteiger partial charge in [-0.2, -0.15) is 5.10 Å². The van der Waals surface area contributed by atoms with Gasteiger partial charge in [-0.1, -0.05) is 18.2 Å². The van der Waals surface area contributed by atoms with Crippen molar-refractivity contribution in [1.82, 2.24) is 9.78 Å². The Labute approximate surface area is 108 Å². The summed E-state index contributed by atoms with van der Waals surface area (Å²) in [4.78, 5) is 0. The summed E-state index contributed by atoms with van der Waals surface area (Å²) in [7, 11) is 1.91. The van der Waals surface area contributed by atoms with Crippen molar-refractivity contribution < 1.29 is 4.74 Å². The zero-order chi connectivity index (χ0) is 13.0. The van der Waals surface area contributed by atoms with Gasteiger partial charge in [-0.3, -0.25) is 4.68 Å².